The van der Waals surface area contributed by atoms with Crippen molar-refractivity contribution in [3.63, 3.8) is 0 Å². The first-order chi connectivity index (χ1) is 36.5. The molecule has 6 aromatic carbocycles. The highest BCUT2D eigenvalue weighted by Gasteiger charge is 2.46. The van der Waals surface area contributed by atoms with E-state index in [-0.39, 0.29) is 53.6 Å². The molecule has 2 N–H and O–H groups in total. The molecule has 0 saturated heterocycles. The van der Waals surface area contributed by atoms with Crippen LogP contribution >= 0.6 is 0 Å². The van der Waals surface area contributed by atoms with Gasteiger partial charge >= 0.3 is 11.9 Å². The van der Waals surface area contributed by atoms with Gasteiger partial charge in [-0.05, 0) is 233 Å². The number of aromatic hydroxyl groups is 1. The Bertz CT molecular complexity index is 3200. The van der Waals surface area contributed by atoms with Gasteiger partial charge in [0.15, 0.2) is 0 Å². The van der Waals surface area contributed by atoms with Gasteiger partial charge in [-0.2, -0.15) is 10.5 Å². The summed E-state index contributed by atoms with van der Waals surface area (Å²) >= 11 is 0. The number of aryl methyl sites for hydroxylation is 4. The molecule has 0 heterocycles. The molecule has 4 aliphatic rings. The molecule has 10 rings (SSSR count). The summed E-state index contributed by atoms with van der Waals surface area (Å²) < 4.78 is 29.1. The van der Waals surface area contributed by atoms with E-state index < -0.39 is 5.60 Å². The first-order valence-electron chi connectivity index (χ1n) is 26.8. The third kappa shape index (κ3) is 11.5. The number of benzene rings is 6. The number of ether oxygens (including phenoxy) is 5. The van der Waals surface area contributed by atoms with Crippen LogP contribution in [0.1, 0.15) is 151 Å². The summed E-state index contributed by atoms with van der Waals surface area (Å²) in [6, 6.07) is 36.3. The molecule has 0 amide bonds. The second-order valence-electron chi connectivity index (χ2n) is 21.5. The van der Waals surface area contributed by atoms with Gasteiger partial charge in [-0.15, -0.1) is 0 Å². The Morgan fingerprint density at radius 2 is 1.00 bits per heavy atom. The monoisotopic (exact) mass is 1020 g/mol. The van der Waals surface area contributed by atoms with E-state index >= 15 is 0 Å². The molecular weight excluding hydrogens is 953 g/mol. The fraction of sp³-hybridized carbons (Fsp3) is 0.385. The molecule has 392 valence electrons. The molecule has 6 atom stereocenters. The summed E-state index contributed by atoms with van der Waals surface area (Å²) in [5.74, 6) is 2.79. The number of nitriles is 2. The van der Waals surface area contributed by atoms with E-state index in [9.17, 15) is 30.3 Å². The van der Waals surface area contributed by atoms with Crippen LogP contribution < -0.4 is 14.2 Å². The van der Waals surface area contributed by atoms with Crippen LogP contribution in [0.5, 0.6) is 23.0 Å². The lowest BCUT2D eigenvalue weighted by Gasteiger charge is -2.20. The molecule has 6 aromatic rings. The standard InChI is InChI=1S/C35H39NO5.C30H29NO4/c1-6-39-34(37)30-19-29(30)23-7-10-25(11-8-23)41-31-14-13-28-27(31)12-9-24(20-36)33(28)32-21(2)17-26(18-22(32)3)40-16-15-35(4,5)38;1-4-34-30(33)26-15-25(26)19-5-8-22(9-6-19)35-27-12-11-24-23(27)10-7-20(16-31)29(24)28-17(2)13-21(32)14-18(28)3/h7-12,17-18,29-31,38H,6,13-16,19H2,1-5H3;5-10,13-14,25-27,32H,4,11-12,15H2,1-3H3/t29-,30+,31-;25-,26+,27-/m11/s1. The normalized spacial score (nSPS) is 19.7. The van der Waals surface area contributed by atoms with Crippen LogP contribution in [0.2, 0.25) is 0 Å². The minimum atomic E-state index is -0.776. The molecule has 0 aliphatic heterocycles. The lowest BCUT2D eigenvalue weighted by Crippen LogP contribution is -2.21. The number of rotatable bonds is 16. The van der Waals surface area contributed by atoms with Crippen molar-refractivity contribution < 1.29 is 43.5 Å². The molecule has 0 aromatic heterocycles. The Morgan fingerprint density at radius 1 is 0.592 bits per heavy atom. The summed E-state index contributed by atoms with van der Waals surface area (Å²) in [5.41, 5.74) is 15.4. The number of phenols is 1. The average molecular weight is 1020 g/mol. The number of carbonyl (C=O) groups excluding carboxylic acids is 2. The van der Waals surface area contributed by atoms with Crippen LogP contribution in [-0.2, 0) is 31.9 Å². The molecule has 0 spiro atoms. The molecule has 4 aliphatic carbocycles. The van der Waals surface area contributed by atoms with Gasteiger partial charge in [-0.3, -0.25) is 9.59 Å². The predicted octanol–water partition coefficient (Wildman–Crippen LogP) is 13.4. The number of nitrogens with zero attached hydrogens (tertiary/aromatic N) is 2. The van der Waals surface area contributed by atoms with Crippen molar-refractivity contribution in [1.29, 1.82) is 10.5 Å². The van der Waals surface area contributed by atoms with Crippen LogP contribution in [0.3, 0.4) is 0 Å². The molecule has 11 heteroatoms. The quantitative estimate of drug-likeness (QED) is 0.0885. The van der Waals surface area contributed by atoms with E-state index in [1.54, 1.807) is 26.0 Å². The second-order valence-corrected chi connectivity index (χ2v) is 21.5. The highest BCUT2D eigenvalue weighted by atomic mass is 16.5. The largest absolute Gasteiger partial charge is 0.508 e. The summed E-state index contributed by atoms with van der Waals surface area (Å²) in [5, 5.41) is 39.9. The first-order valence-corrected chi connectivity index (χ1v) is 26.8. The number of phenolic OH excluding ortho intramolecular Hbond substituents is 1. The summed E-state index contributed by atoms with van der Waals surface area (Å²) in [6.07, 6.45) is 5.36. The van der Waals surface area contributed by atoms with Gasteiger partial charge in [0, 0.05) is 17.5 Å². The van der Waals surface area contributed by atoms with E-state index in [1.165, 1.54) is 5.56 Å². The number of hydrogen-bond donors (Lipinski definition) is 2. The van der Waals surface area contributed by atoms with Crippen molar-refractivity contribution in [1.82, 2.24) is 0 Å². The SMILES string of the molecule is CCOC(=O)[C@H]1C[C@@H]1c1ccc(O[C@@H]2CCc3c2ccc(C#N)c3-c2c(C)cc(O)cc2C)cc1.CCOC(=O)[C@H]1C[C@@H]1c1ccc(O[C@@H]2CCc3c2ccc(C#N)c3-c2c(C)cc(OCCC(C)(C)O)cc2C)cc1. The number of fused-ring (bicyclic) bond motifs is 2. The Labute approximate surface area is 447 Å². The van der Waals surface area contributed by atoms with Gasteiger partial charge in [0.2, 0.25) is 0 Å². The third-order valence-electron chi connectivity index (χ3n) is 15.4. The van der Waals surface area contributed by atoms with Crippen molar-refractivity contribution in [2.45, 2.75) is 130 Å². The van der Waals surface area contributed by atoms with Gasteiger partial charge in [0.05, 0.1) is 60.5 Å². The lowest BCUT2D eigenvalue weighted by atomic mass is 9.87. The van der Waals surface area contributed by atoms with Crippen LogP contribution in [0.25, 0.3) is 22.3 Å². The number of carbonyl (C=O) groups is 2. The number of hydrogen-bond acceptors (Lipinski definition) is 11. The van der Waals surface area contributed by atoms with E-state index in [2.05, 4.69) is 38.1 Å². The van der Waals surface area contributed by atoms with Gasteiger partial charge in [0.25, 0.3) is 0 Å². The number of aliphatic hydroxyl groups is 1. The van der Waals surface area contributed by atoms with Gasteiger partial charge < -0.3 is 33.9 Å². The Kier molecular flexibility index (Phi) is 15.6. The zero-order valence-electron chi connectivity index (χ0n) is 44.9. The maximum absolute atomic E-state index is 12.0. The summed E-state index contributed by atoms with van der Waals surface area (Å²) in [4.78, 5) is 24.0. The molecule has 2 saturated carbocycles. The first kappa shape index (κ1) is 53.2. The van der Waals surface area contributed by atoms with Crippen molar-refractivity contribution in [2.24, 2.45) is 11.8 Å². The van der Waals surface area contributed by atoms with Gasteiger partial charge in [0.1, 0.15) is 35.2 Å². The molecule has 0 unspecified atom stereocenters. The fourth-order valence-electron chi connectivity index (χ4n) is 11.6. The van der Waals surface area contributed by atoms with Gasteiger partial charge in [-0.25, -0.2) is 0 Å². The minimum Gasteiger partial charge on any atom is -0.508 e. The van der Waals surface area contributed by atoms with Crippen LogP contribution in [-0.4, -0.2) is 47.6 Å². The molecule has 0 bridgehead atoms. The topological polar surface area (TPSA) is 168 Å². The van der Waals surface area contributed by atoms with E-state index in [0.717, 1.165) is 128 Å². The summed E-state index contributed by atoms with van der Waals surface area (Å²) in [6.45, 7) is 16.5. The Hall–Kier alpha value is -7.60. The van der Waals surface area contributed by atoms with Crippen molar-refractivity contribution >= 4 is 11.9 Å². The van der Waals surface area contributed by atoms with Crippen LogP contribution in [0.4, 0.5) is 0 Å². The highest BCUT2D eigenvalue weighted by Crippen LogP contribution is 2.51. The zero-order chi connectivity index (χ0) is 54.0. The predicted molar refractivity (Wildman–Crippen MR) is 291 cm³/mol. The molecule has 0 radical (unpaired) electrons. The van der Waals surface area contributed by atoms with Crippen molar-refractivity contribution in [3.8, 4) is 57.4 Å². The van der Waals surface area contributed by atoms with Crippen molar-refractivity contribution in [3.05, 3.63) is 164 Å². The number of esters is 2. The second kappa shape index (κ2) is 22.3. The van der Waals surface area contributed by atoms with Gasteiger partial charge in [-0.1, -0.05) is 36.4 Å². The van der Waals surface area contributed by atoms with E-state index in [0.29, 0.717) is 37.4 Å². The molecule has 76 heavy (non-hydrogen) atoms. The molecule has 11 nitrogen and oxygen atoms in total. The Balaban J connectivity index is 0.000000188. The van der Waals surface area contributed by atoms with Crippen molar-refractivity contribution in [2.75, 3.05) is 19.8 Å². The maximum atomic E-state index is 12.0. The fourth-order valence-corrected chi connectivity index (χ4v) is 11.6. The Morgan fingerprint density at radius 3 is 1.38 bits per heavy atom. The van der Waals surface area contributed by atoms with E-state index in [1.807, 2.05) is 100 Å². The highest BCUT2D eigenvalue weighted by molar-refractivity contribution is 5.83. The molecule has 2 fully saturated rings. The molecular formula is C65H68N2O9. The average Bonchev–Trinajstić information content (AvgIpc) is 4.31. The van der Waals surface area contributed by atoms with Crippen LogP contribution in [0, 0.1) is 62.2 Å². The van der Waals surface area contributed by atoms with E-state index in [4.69, 9.17) is 23.7 Å². The summed E-state index contributed by atoms with van der Waals surface area (Å²) in [7, 11) is 0. The third-order valence-corrected chi connectivity index (χ3v) is 15.4. The lowest BCUT2D eigenvalue weighted by molar-refractivity contribution is -0.145. The zero-order valence-corrected chi connectivity index (χ0v) is 44.9. The van der Waals surface area contributed by atoms with Crippen LogP contribution in [0.15, 0.2) is 97.1 Å². The maximum Gasteiger partial charge on any atom is 0.309 e. The smallest absolute Gasteiger partial charge is 0.309 e. The minimum absolute atomic E-state index is 0.0250.